The molecule has 0 amide bonds. The smallest absolute Gasteiger partial charge is 0.224 e. The summed E-state index contributed by atoms with van der Waals surface area (Å²) in [6.07, 6.45) is 4.69. The second-order valence-corrected chi connectivity index (χ2v) is 4.57. The molecule has 3 nitrogen and oxygen atoms in total. The van der Waals surface area contributed by atoms with Crippen LogP contribution < -0.4 is 4.73 Å². The Morgan fingerprint density at radius 2 is 2.06 bits per heavy atom. The van der Waals surface area contributed by atoms with Gasteiger partial charge in [0, 0.05) is 17.9 Å². The summed E-state index contributed by atoms with van der Waals surface area (Å²) in [5.74, 6) is 0.961. The van der Waals surface area contributed by atoms with Crippen LogP contribution in [-0.2, 0) is 6.42 Å². The van der Waals surface area contributed by atoms with Crippen molar-refractivity contribution in [2.24, 2.45) is 0 Å². The van der Waals surface area contributed by atoms with Gasteiger partial charge in [0.25, 0.3) is 0 Å². The van der Waals surface area contributed by atoms with Crippen molar-refractivity contribution in [3.05, 3.63) is 47.5 Å². The van der Waals surface area contributed by atoms with Crippen LogP contribution in [0.1, 0.15) is 25.5 Å². The molecule has 0 fully saturated rings. The summed E-state index contributed by atoms with van der Waals surface area (Å²) < 4.78 is 6.62. The summed E-state index contributed by atoms with van der Waals surface area (Å²) in [7, 11) is 0. The van der Waals surface area contributed by atoms with E-state index in [4.69, 9.17) is 4.42 Å². The van der Waals surface area contributed by atoms with Gasteiger partial charge in [-0.25, -0.2) is 0 Å². The molecule has 0 unspecified atom stereocenters. The first-order valence-electron chi connectivity index (χ1n) is 6.33. The molecule has 0 N–H and O–H groups in total. The number of furan rings is 1. The van der Waals surface area contributed by atoms with Gasteiger partial charge in [0.1, 0.15) is 5.76 Å². The monoisotopic (exact) mass is 241 g/mol. The van der Waals surface area contributed by atoms with Crippen LogP contribution in [0.3, 0.4) is 0 Å². The van der Waals surface area contributed by atoms with Gasteiger partial charge in [0.2, 0.25) is 11.7 Å². The third kappa shape index (κ3) is 1.72. The Hall–Kier alpha value is -2.03. The van der Waals surface area contributed by atoms with Gasteiger partial charge in [0.05, 0.1) is 5.39 Å². The molecule has 3 heteroatoms. The lowest BCUT2D eigenvalue weighted by Crippen LogP contribution is -2.25. The maximum Gasteiger partial charge on any atom is 0.224 e. The van der Waals surface area contributed by atoms with E-state index >= 15 is 0 Å². The summed E-state index contributed by atoms with van der Waals surface area (Å²) in [6, 6.07) is 9.68. The number of para-hydroxylation sites is 1. The third-order valence-corrected chi connectivity index (χ3v) is 3.25. The van der Waals surface area contributed by atoms with E-state index in [0.29, 0.717) is 11.1 Å². The second kappa shape index (κ2) is 4.33. The molecule has 92 valence electrons. The van der Waals surface area contributed by atoms with Gasteiger partial charge in [0.15, 0.2) is 5.58 Å². The Labute approximate surface area is 105 Å². The molecular weight excluding hydrogens is 226 g/mol. The Balaban J connectivity index is 2.23. The van der Waals surface area contributed by atoms with Crippen LogP contribution in [0.5, 0.6) is 0 Å². The SMILES string of the molecule is CCCCc1cc2c(c[n+]([O-])c3ccccc23)o1. The maximum atomic E-state index is 11.9. The van der Waals surface area contributed by atoms with Gasteiger partial charge in [-0.15, -0.1) is 0 Å². The van der Waals surface area contributed by atoms with Gasteiger partial charge in [-0.05, 0) is 18.6 Å². The van der Waals surface area contributed by atoms with Crippen LogP contribution in [-0.4, -0.2) is 0 Å². The number of hydrogen-bond acceptors (Lipinski definition) is 2. The predicted octanol–water partition coefficient (Wildman–Crippen LogP) is 3.56. The van der Waals surface area contributed by atoms with Crippen LogP contribution in [0.25, 0.3) is 21.9 Å². The summed E-state index contributed by atoms with van der Waals surface area (Å²) >= 11 is 0. The van der Waals surface area contributed by atoms with E-state index in [2.05, 4.69) is 13.0 Å². The first kappa shape index (κ1) is 11.1. The average molecular weight is 241 g/mol. The molecule has 18 heavy (non-hydrogen) atoms. The third-order valence-electron chi connectivity index (χ3n) is 3.25. The first-order chi connectivity index (χ1) is 8.79. The highest BCUT2D eigenvalue weighted by molar-refractivity contribution is 6.02. The molecule has 0 spiro atoms. The van der Waals surface area contributed by atoms with Crippen molar-refractivity contribution in [3.8, 4) is 0 Å². The number of nitrogens with zero attached hydrogens (tertiary/aromatic N) is 1. The van der Waals surface area contributed by atoms with Gasteiger partial charge < -0.3 is 9.62 Å². The molecule has 0 bridgehead atoms. The van der Waals surface area contributed by atoms with E-state index in [1.165, 1.54) is 6.20 Å². The molecule has 1 aromatic carbocycles. The van der Waals surface area contributed by atoms with E-state index in [1.54, 1.807) is 0 Å². The number of fused-ring (bicyclic) bond motifs is 3. The van der Waals surface area contributed by atoms with E-state index in [1.807, 2.05) is 24.3 Å². The minimum atomic E-state index is 0.676. The normalized spacial score (nSPS) is 11.4. The van der Waals surface area contributed by atoms with E-state index in [9.17, 15) is 5.21 Å². The number of pyridine rings is 1. The fourth-order valence-electron chi connectivity index (χ4n) is 2.31. The Morgan fingerprint density at radius 3 is 2.89 bits per heavy atom. The number of rotatable bonds is 3. The Kier molecular flexibility index (Phi) is 2.67. The lowest BCUT2D eigenvalue weighted by atomic mass is 10.1. The molecule has 3 rings (SSSR count). The maximum absolute atomic E-state index is 11.9. The highest BCUT2D eigenvalue weighted by Crippen LogP contribution is 2.26. The van der Waals surface area contributed by atoms with Crippen LogP contribution >= 0.6 is 0 Å². The van der Waals surface area contributed by atoms with Gasteiger partial charge in [-0.2, -0.15) is 4.73 Å². The zero-order chi connectivity index (χ0) is 12.5. The molecule has 0 aliphatic heterocycles. The molecule has 3 aromatic rings. The summed E-state index contributed by atoms with van der Waals surface area (Å²) in [5.41, 5.74) is 1.36. The number of hydrogen-bond donors (Lipinski definition) is 0. The molecule has 0 radical (unpaired) electrons. The molecular formula is C15H15NO2. The molecule has 0 atom stereocenters. The van der Waals surface area contributed by atoms with Crippen molar-refractivity contribution in [2.45, 2.75) is 26.2 Å². The number of aryl methyl sites for hydroxylation is 1. The summed E-state index contributed by atoms with van der Waals surface area (Å²) in [6.45, 7) is 2.16. The van der Waals surface area contributed by atoms with E-state index < -0.39 is 0 Å². The van der Waals surface area contributed by atoms with Crippen LogP contribution in [0, 0.1) is 5.21 Å². The highest BCUT2D eigenvalue weighted by atomic mass is 16.5. The van der Waals surface area contributed by atoms with Gasteiger partial charge in [-0.1, -0.05) is 25.5 Å². The molecule has 0 saturated heterocycles. The minimum absolute atomic E-state index is 0.676. The lowest BCUT2D eigenvalue weighted by molar-refractivity contribution is -0.575. The topological polar surface area (TPSA) is 40.1 Å². The largest absolute Gasteiger partial charge is 0.618 e. The number of unbranched alkanes of at least 4 members (excludes halogenated alkanes) is 1. The van der Waals surface area contributed by atoms with Crippen LogP contribution in [0.15, 0.2) is 40.9 Å². The molecule has 0 aliphatic rings. The van der Waals surface area contributed by atoms with Crippen molar-refractivity contribution in [2.75, 3.05) is 0 Å². The Bertz CT molecular complexity index is 700. The first-order valence-corrected chi connectivity index (χ1v) is 6.33. The lowest BCUT2D eigenvalue weighted by Gasteiger charge is -2.00. The molecule has 0 aliphatic carbocycles. The van der Waals surface area contributed by atoms with Crippen LogP contribution in [0.2, 0.25) is 0 Å². The summed E-state index contributed by atoms with van der Waals surface area (Å²) in [5, 5.41) is 13.9. The standard InChI is InChI=1S/C15H15NO2/c1-2-3-6-11-9-13-12-7-4-5-8-14(12)16(17)10-15(13)18-11/h4-5,7-10H,2-3,6H2,1H3. The predicted molar refractivity (Wildman–Crippen MR) is 71.3 cm³/mol. The second-order valence-electron chi connectivity index (χ2n) is 4.57. The van der Waals surface area contributed by atoms with E-state index in [-0.39, 0.29) is 0 Å². The molecule has 2 aromatic heterocycles. The highest BCUT2D eigenvalue weighted by Gasteiger charge is 2.13. The fourth-order valence-corrected chi connectivity index (χ4v) is 2.31. The van der Waals surface area contributed by atoms with E-state index in [0.717, 1.165) is 40.5 Å². The quantitative estimate of drug-likeness (QED) is 0.519. The zero-order valence-electron chi connectivity index (χ0n) is 10.3. The van der Waals surface area contributed by atoms with Crippen molar-refractivity contribution in [1.29, 1.82) is 0 Å². The van der Waals surface area contributed by atoms with Crippen molar-refractivity contribution in [3.63, 3.8) is 0 Å². The van der Waals surface area contributed by atoms with Gasteiger partial charge in [-0.3, -0.25) is 0 Å². The summed E-state index contributed by atoms with van der Waals surface area (Å²) in [4.78, 5) is 0. The minimum Gasteiger partial charge on any atom is -0.618 e. The zero-order valence-corrected chi connectivity index (χ0v) is 10.3. The van der Waals surface area contributed by atoms with Crippen molar-refractivity contribution >= 4 is 21.9 Å². The van der Waals surface area contributed by atoms with Crippen LogP contribution in [0.4, 0.5) is 0 Å². The van der Waals surface area contributed by atoms with Crippen molar-refractivity contribution in [1.82, 2.24) is 0 Å². The fraction of sp³-hybridized carbons (Fsp3) is 0.267. The Morgan fingerprint density at radius 1 is 1.22 bits per heavy atom. The number of benzene rings is 1. The number of aromatic nitrogens is 1. The average Bonchev–Trinajstić information content (AvgIpc) is 2.80. The van der Waals surface area contributed by atoms with Gasteiger partial charge >= 0.3 is 0 Å². The molecule has 2 heterocycles. The molecule has 0 saturated carbocycles. The van der Waals surface area contributed by atoms with Crippen molar-refractivity contribution < 1.29 is 9.15 Å².